The van der Waals surface area contributed by atoms with E-state index >= 15 is 0 Å². The third-order valence-corrected chi connectivity index (χ3v) is 3.85. The maximum absolute atomic E-state index is 12.5. The molecule has 2 N–H and O–H groups in total. The average Bonchev–Trinajstić information content (AvgIpc) is 2.38. The van der Waals surface area contributed by atoms with Crippen LogP contribution >= 0.6 is 0 Å². The van der Waals surface area contributed by atoms with Crippen molar-refractivity contribution in [2.75, 3.05) is 6.54 Å². The maximum atomic E-state index is 12.5. The van der Waals surface area contributed by atoms with Gasteiger partial charge in [0.05, 0.1) is 0 Å². The van der Waals surface area contributed by atoms with Crippen LogP contribution in [0.4, 0.5) is 0 Å². The van der Waals surface area contributed by atoms with Gasteiger partial charge in [0, 0.05) is 23.9 Å². The Labute approximate surface area is 102 Å². The number of carbonyl (C=O) groups is 1. The van der Waals surface area contributed by atoms with E-state index in [1.165, 1.54) is 6.42 Å². The molecule has 1 fully saturated rings. The topological polar surface area (TPSA) is 56.0 Å². The molecule has 0 bridgehead atoms. The van der Waals surface area contributed by atoms with Crippen molar-refractivity contribution in [1.82, 2.24) is 4.98 Å². The van der Waals surface area contributed by atoms with Crippen LogP contribution in [0.2, 0.25) is 0 Å². The van der Waals surface area contributed by atoms with Crippen molar-refractivity contribution in [2.24, 2.45) is 17.6 Å². The molecule has 1 aliphatic carbocycles. The zero-order valence-electron chi connectivity index (χ0n) is 10.4. The Kier molecular flexibility index (Phi) is 3.89. The molecule has 1 aliphatic rings. The third-order valence-electron chi connectivity index (χ3n) is 3.85. The predicted octanol–water partition coefficient (Wildman–Crippen LogP) is 2.34. The van der Waals surface area contributed by atoms with E-state index in [2.05, 4.69) is 4.98 Å². The van der Waals surface area contributed by atoms with E-state index in [1.54, 1.807) is 12.4 Å². The average molecular weight is 232 g/mol. The number of nitrogens with zero attached hydrogens (tertiary/aromatic N) is 1. The lowest BCUT2D eigenvalue weighted by molar-refractivity contribution is 0.0828. The second-order valence-electron chi connectivity index (χ2n) is 4.94. The highest BCUT2D eigenvalue weighted by Crippen LogP contribution is 2.32. The van der Waals surface area contributed by atoms with E-state index in [0.29, 0.717) is 12.5 Å². The monoisotopic (exact) mass is 232 g/mol. The highest BCUT2D eigenvalue weighted by Gasteiger charge is 2.31. The molecule has 1 aromatic rings. The number of aromatic nitrogens is 1. The van der Waals surface area contributed by atoms with Gasteiger partial charge in [-0.1, -0.05) is 12.8 Å². The molecule has 0 spiro atoms. The predicted molar refractivity (Wildman–Crippen MR) is 67.8 cm³/mol. The summed E-state index contributed by atoms with van der Waals surface area (Å²) in [6.45, 7) is 2.59. The fourth-order valence-electron chi connectivity index (χ4n) is 2.76. The summed E-state index contributed by atoms with van der Waals surface area (Å²) in [6, 6.07) is 1.90. The molecule has 0 aliphatic heterocycles. The molecular formula is C14H20N2O. The van der Waals surface area contributed by atoms with Crippen LogP contribution in [0.1, 0.15) is 41.6 Å². The Morgan fingerprint density at radius 3 is 2.94 bits per heavy atom. The number of Topliss-reactive ketones (excluding diaryl/α,β-unsaturated/α-hetero) is 1. The Balaban J connectivity index is 2.21. The molecule has 17 heavy (non-hydrogen) atoms. The van der Waals surface area contributed by atoms with Crippen molar-refractivity contribution in [3.63, 3.8) is 0 Å². The smallest absolute Gasteiger partial charge is 0.168 e. The molecule has 1 heterocycles. The van der Waals surface area contributed by atoms with Gasteiger partial charge in [-0.25, -0.2) is 0 Å². The molecule has 0 radical (unpaired) electrons. The highest BCUT2D eigenvalue weighted by molar-refractivity contribution is 5.99. The van der Waals surface area contributed by atoms with E-state index in [4.69, 9.17) is 5.73 Å². The molecule has 3 heteroatoms. The molecule has 92 valence electrons. The van der Waals surface area contributed by atoms with E-state index in [1.807, 2.05) is 13.0 Å². The van der Waals surface area contributed by atoms with E-state index in [9.17, 15) is 4.79 Å². The first-order chi connectivity index (χ1) is 8.24. The summed E-state index contributed by atoms with van der Waals surface area (Å²) in [6.07, 6.45) is 7.85. The zero-order valence-corrected chi connectivity index (χ0v) is 10.4. The van der Waals surface area contributed by atoms with Crippen LogP contribution in [0.5, 0.6) is 0 Å². The molecule has 1 aromatic heterocycles. The van der Waals surface area contributed by atoms with Gasteiger partial charge in [-0.2, -0.15) is 0 Å². The van der Waals surface area contributed by atoms with Crippen LogP contribution in [-0.2, 0) is 0 Å². The van der Waals surface area contributed by atoms with Gasteiger partial charge in [0.25, 0.3) is 0 Å². The fraction of sp³-hybridized carbons (Fsp3) is 0.571. The van der Waals surface area contributed by atoms with Gasteiger partial charge in [0.15, 0.2) is 5.78 Å². The summed E-state index contributed by atoms with van der Waals surface area (Å²) < 4.78 is 0. The summed E-state index contributed by atoms with van der Waals surface area (Å²) in [5.41, 5.74) is 7.58. The van der Waals surface area contributed by atoms with Crippen molar-refractivity contribution >= 4 is 5.78 Å². The van der Waals surface area contributed by atoms with E-state index < -0.39 is 0 Å². The number of aryl methyl sites for hydroxylation is 1. The molecule has 0 saturated heterocycles. The summed E-state index contributed by atoms with van der Waals surface area (Å²) in [7, 11) is 0. The lowest BCUT2D eigenvalue weighted by Gasteiger charge is -2.29. The Morgan fingerprint density at radius 1 is 1.47 bits per heavy atom. The quantitative estimate of drug-likeness (QED) is 0.814. The second-order valence-corrected chi connectivity index (χ2v) is 4.94. The molecule has 0 amide bonds. The fourth-order valence-corrected chi connectivity index (χ4v) is 2.76. The van der Waals surface area contributed by atoms with Crippen LogP contribution in [0.25, 0.3) is 0 Å². The first kappa shape index (κ1) is 12.2. The lowest BCUT2D eigenvalue weighted by atomic mass is 9.75. The first-order valence-corrected chi connectivity index (χ1v) is 6.39. The molecule has 2 rings (SSSR count). The SMILES string of the molecule is Cc1ccncc1C(=O)C1CCCCC1CN. The number of carbonyl (C=O) groups excluding carboxylic acids is 1. The van der Waals surface area contributed by atoms with Crippen molar-refractivity contribution in [2.45, 2.75) is 32.6 Å². The normalized spacial score (nSPS) is 24.6. The van der Waals surface area contributed by atoms with Crippen LogP contribution in [0.15, 0.2) is 18.5 Å². The third kappa shape index (κ3) is 2.55. The standard InChI is InChI=1S/C14H20N2O/c1-10-6-7-16-9-13(10)14(17)12-5-3-2-4-11(12)8-15/h6-7,9,11-12H,2-5,8,15H2,1H3. The van der Waals surface area contributed by atoms with Crippen LogP contribution in [0.3, 0.4) is 0 Å². The van der Waals surface area contributed by atoms with Crippen molar-refractivity contribution in [3.8, 4) is 0 Å². The number of pyridine rings is 1. The molecule has 0 aromatic carbocycles. The van der Waals surface area contributed by atoms with E-state index in [0.717, 1.165) is 30.4 Å². The highest BCUT2D eigenvalue weighted by atomic mass is 16.1. The van der Waals surface area contributed by atoms with Crippen LogP contribution in [-0.4, -0.2) is 17.3 Å². The van der Waals surface area contributed by atoms with Gasteiger partial charge in [0.2, 0.25) is 0 Å². The van der Waals surface area contributed by atoms with Gasteiger partial charge in [-0.15, -0.1) is 0 Å². The number of nitrogens with two attached hydrogens (primary N) is 1. The molecule has 2 unspecified atom stereocenters. The van der Waals surface area contributed by atoms with Crippen molar-refractivity contribution in [1.29, 1.82) is 0 Å². The number of hydrogen-bond acceptors (Lipinski definition) is 3. The molecule has 3 nitrogen and oxygen atoms in total. The van der Waals surface area contributed by atoms with Gasteiger partial charge >= 0.3 is 0 Å². The number of hydrogen-bond donors (Lipinski definition) is 1. The largest absolute Gasteiger partial charge is 0.330 e. The summed E-state index contributed by atoms with van der Waals surface area (Å²) in [5, 5.41) is 0. The summed E-state index contributed by atoms with van der Waals surface area (Å²) >= 11 is 0. The zero-order chi connectivity index (χ0) is 12.3. The summed E-state index contributed by atoms with van der Waals surface area (Å²) in [5.74, 6) is 0.707. The molecule has 2 atom stereocenters. The Morgan fingerprint density at radius 2 is 2.24 bits per heavy atom. The van der Waals surface area contributed by atoms with Crippen molar-refractivity contribution < 1.29 is 4.79 Å². The van der Waals surface area contributed by atoms with Gasteiger partial charge in [-0.3, -0.25) is 9.78 Å². The Hall–Kier alpha value is -1.22. The van der Waals surface area contributed by atoms with Gasteiger partial charge in [0.1, 0.15) is 0 Å². The Bertz CT molecular complexity index is 403. The minimum absolute atomic E-state index is 0.108. The van der Waals surface area contributed by atoms with Crippen LogP contribution < -0.4 is 5.73 Å². The minimum Gasteiger partial charge on any atom is -0.330 e. The molecular weight excluding hydrogens is 212 g/mol. The summed E-state index contributed by atoms with van der Waals surface area (Å²) in [4.78, 5) is 16.6. The number of ketones is 1. The number of rotatable bonds is 3. The first-order valence-electron chi connectivity index (χ1n) is 6.39. The van der Waals surface area contributed by atoms with E-state index in [-0.39, 0.29) is 11.7 Å². The van der Waals surface area contributed by atoms with Crippen molar-refractivity contribution in [3.05, 3.63) is 29.6 Å². The van der Waals surface area contributed by atoms with Crippen LogP contribution in [0, 0.1) is 18.8 Å². The van der Waals surface area contributed by atoms with Gasteiger partial charge < -0.3 is 5.73 Å². The maximum Gasteiger partial charge on any atom is 0.168 e. The second kappa shape index (κ2) is 5.41. The minimum atomic E-state index is 0.108. The van der Waals surface area contributed by atoms with Gasteiger partial charge in [-0.05, 0) is 43.9 Å². The molecule has 1 saturated carbocycles. The lowest BCUT2D eigenvalue weighted by Crippen LogP contribution is -2.32.